The molecule has 3 rings (SSSR count). The Balaban J connectivity index is 1.68. The number of aliphatic carboxylic acids is 1. The van der Waals surface area contributed by atoms with E-state index in [-0.39, 0.29) is 17.7 Å². The summed E-state index contributed by atoms with van der Waals surface area (Å²) < 4.78 is 0. The van der Waals surface area contributed by atoms with Crippen molar-refractivity contribution in [2.45, 2.75) is 13.0 Å². The highest BCUT2D eigenvalue weighted by Gasteiger charge is 2.51. The number of carboxylic acids is 1. The summed E-state index contributed by atoms with van der Waals surface area (Å²) in [5, 5.41) is 12.1. The molecule has 0 aliphatic heterocycles. The van der Waals surface area contributed by atoms with E-state index in [4.69, 9.17) is 0 Å². The molecule has 104 valence electrons. The Bertz CT molecular complexity index is 555. The van der Waals surface area contributed by atoms with E-state index in [1.807, 2.05) is 30.4 Å². The zero-order chi connectivity index (χ0) is 14.1. The fourth-order valence-electron chi connectivity index (χ4n) is 3.31. The average molecular weight is 272 g/mol. The predicted octanol–water partition coefficient (Wildman–Crippen LogP) is 1.22. The molecule has 0 spiro atoms. The van der Waals surface area contributed by atoms with Gasteiger partial charge in [-0.2, -0.15) is 0 Å². The number of nitrogens with zero attached hydrogens (tertiary/aromatic N) is 1. The quantitative estimate of drug-likeness (QED) is 0.808. The predicted molar refractivity (Wildman–Crippen MR) is 71.4 cm³/mol. The van der Waals surface area contributed by atoms with Crippen LogP contribution in [0.15, 0.2) is 36.5 Å². The molecule has 20 heavy (non-hydrogen) atoms. The summed E-state index contributed by atoms with van der Waals surface area (Å²) in [6, 6.07) is 5.50. The van der Waals surface area contributed by atoms with Gasteiger partial charge in [0, 0.05) is 6.20 Å². The lowest BCUT2D eigenvalue weighted by molar-refractivity contribution is -0.147. The standard InChI is InChI=1S/C15H16N2O3/c18-14(17-8-11-3-1-2-6-16-11)12-9-4-5-10(7-9)13(12)15(19)20/h1-6,9-10,12-13H,7-8H2,(H,17,18)(H,19,20)/t9?,10?,12-,13+/m0/s1. The molecule has 2 aliphatic rings. The van der Waals surface area contributed by atoms with Crippen LogP contribution in [-0.2, 0) is 16.1 Å². The normalized spacial score (nSPS) is 30.4. The smallest absolute Gasteiger partial charge is 0.307 e. The highest BCUT2D eigenvalue weighted by Crippen LogP contribution is 2.48. The monoisotopic (exact) mass is 272 g/mol. The SMILES string of the molecule is O=C(O)[C@@H]1C2C=CC(C2)[C@@H]1C(=O)NCc1ccccn1. The molecular formula is C15H16N2O3. The first-order chi connectivity index (χ1) is 9.66. The number of pyridine rings is 1. The molecule has 0 radical (unpaired) electrons. The number of fused-ring (bicyclic) bond motifs is 2. The number of hydrogen-bond acceptors (Lipinski definition) is 3. The molecule has 0 saturated heterocycles. The average Bonchev–Trinajstić information content (AvgIpc) is 3.06. The summed E-state index contributed by atoms with van der Waals surface area (Å²) in [7, 11) is 0. The fraction of sp³-hybridized carbons (Fsp3) is 0.400. The van der Waals surface area contributed by atoms with Crippen LogP contribution in [0.3, 0.4) is 0 Å². The van der Waals surface area contributed by atoms with E-state index in [1.54, 1.807) is 6.20 Å². The van der Waals surface area contributed by atoms with Crippen molar-refractivity contribution in [2.75, 3.05) is 0 Å². The van der Waals surface area contributed by atoms with Crippen LogP contribution in [0.25, 0.3) is 0 Å². The van der Waals surface area contributed by atoms with Gasteiger partial charge in [0.05, 0.1) is 24.1 Å². The van der Waals surface area contributed by atoms with E-state index in [2.05, 4.69) is 10.3 Å². The minimum Gasteiger partial charge on any atom is -0.481 e. The Labute approximate surface area is 116 Å². The highest BCUT2D eigenvalue weighted by molar-refractivity contribution is 5.86. The maximum Gasteiger partial charge on any atom is 0.307 e. The van der Waals surface area contributed by atoms with E-state index in [0.717, 1.165) is 12.1 Å². The van der Waals surface area contributed by atoms with Gasteiger partial charge >= 0.3 is 5.97 Å². The van der Waals surface area contributed by atoms with Crippen LogP contribution < -0.4 is 5.32 Å². The van der Waals surface area contributed by atoms with Gasteiger partial charge in [0.15, 0.2) is 0 Å². The molecule has 2 N–H and O–H groups in total. The number of carbonyl (C=O) groups is 2. The second-order valence-corrected chi connectivity index (χ2v) is 5.38. The minimum absolute atomic E-state index is 0.00287. The Kier molecular flexibility index (Phi) is 3.26. The van der Waals surface area contributed by atoms with E-state index in [1.165, 1.54) is 0 Å². The van der Waals surface area contributed by atoms with Gasteiger partial charge < -0.3 is 10.4 Å². The largest absolute Gasteiger partial charge is 0.481 e. The van der Waals surface area contributed by atoms with Gasteiger partial charge in [-0.1, -0.05) is 18.2 Å². The van der Waals surface area contributed by atoms with Gasteiger partial charge in [-0.15, -0.1) is 0 Å². The third kappa shape index (κ3) is 2.19. The molecule has 1 aromatic rings. The second-order valence-electron chi connectivity index (χ2n) is 5.38. The van der Waals surface area contributed by atoms with Crippen LogP contribution in [0.5, 0.6) is 0 Å². The zero-order valence-corrected chi connectivity index (χ0v) is 10.9. The molecule has 5 nitrogen and oxygen atoms in total. The van der Waals surface area contributed by atoms with Gasteiger partial charge in [-0.05, 0) is 30.4 Å². The molecule has 0 aromatic carbocycles. The van der Waals surface area contributed by atoms with Crippen LogP contribution in [0.2, 0.25) is 0 Å². The van der Waals surface area contributed by atoms with Crippen molar-refractivity contribution >= 4 is 11.9 Å². The van der Waals surface area contributed by atoms with Crippen LogP contribution in [0.4, 0.5) is 0 Å². The third-order valence-electron chi connectivity index (χ3n) is 4.22. The number of nitrogens with one attached hydrogen (secondary N) is 1. The molecule has 2 bridgehead atoms. The first-order valence-electron chi connectivity index (χ1n) is 6.75. The maximum absolute atomic E-state index is 12.3. The Morgan fingerprint density at radius 1 is 1.25 bits per heavy atom. The van der Waals surface area contributed by atoms with Crippen LogP contribution in [-0.4, -0.2) is 22.0 Å². The second kappa shape index (κ2) is 5.07. The molecule has 1 saturated carbocycles. The molecule has 1 fully saturated rings. The van der Waals surface area contributed by atoms with Crippen LogP contribution >= 0.6 is 0 Å². The van der Waals surface area contributed by atoms with E-state index >= 15 is 0 Å². The topological polar surface area (TPSA) is 79.3 Å². The molecule has 1 aromatic heterocycles. The number of hydrogen-bond donors (Lipinski definition) is 2. The number of carbonyl (C=O) groups excluding carboxylic acids is 1. The van der Waals surface area contributed by atoms with Gasteiger partial charge in [-0.3, -0.25) is 14.6 Å². The van der Waals surface area contributed by atoms with Crippen molar-refractivity contribution < 1.29 is 14.7 Å². The van der Waals surface area contributed by atoms with Crippen molar-refractivity contribution in [3.8, 4) is 0 Å². The number of rotatable bonds is 4. The number of allylic oxidation sites excluding steroid dienone is 2. The lowest BCUT2D eigenvalue weighted by Crippen LogP contribution is -2.40. The van der Waals surface area contributed by atoms with Crippen molar-refractivity contribution in [2.24, 2.45) is 23.7 Å². The Morgan fingerprint density at radius 2 is 2.00 bits per heavy atom. The van der Waals surface area contributed by atoms with Crippen molar-refractivity contribution in [3.05, 3.63) is 42.2 Å². The number of carboxylic acid groups (broad SMARTS) is 1. The highest BCUT2D eigenvalue weighted by atomic mass is 16.4. The van der Waals surface area contributed by atoms with Crippen molar-refractivity contribution in [1.82, 2.24) is 10.3 Å². The third-order valence-corrected chi connectivity index (χ3v) is 4.22. The summed E-state index contributed by atoms with van der Waals surface area (Å²) >= 11 is 0. The zero-order valence-electron chi connectivity index (χ0n) is 10.9. The molecule has 4 atom stereocenters. The number of amides is 1. The fourth-order valence-corrected chi connectivity index (χ4v) is 3.31. The van der Waals surface area contributed by atoms with E-state index < -0.39 is 17.8 Å². The molecule has 1 heterocycles. The molecular weight excluding hydrogens is 256 g/mol. The number of aromatic nitrogens is 1. The molecule has 2 unspecified atom stereocenters. The molecule has 1 amide bonds. The van der Waals surface area contributed by atoms with Gasteiger partial charge in [0.2, 0.25) is 5.91 Å². The summed E-state index contributed by atoms with van der Waals surface area (Å²) in [6.45, 7) is 0.337. The van der Waals surface area contributed by atoms with E-state index in [0.29, 0.717) is 6.54 Å². The van der Waals surface area contributed by atoms with E-state index in [9.17, 15) is 14.7 Å². The lowest BCUT2D eigenvalue weighted by Gasteiger charge is -2.23. The summed E-state index contributed by atoms with van der Waals surface area (Å²) in [5.41, 5.74) is 0.770. The Morgan fingerprint density at radius 3 is 2.65 bits per heavy atom. The summed E-state index contributed by atoms with van der Waals surface area (Å²) in [6.07, 6.45) is 6.36. The summed E-state index contributed by atoms with van der Waals surface area (Å²) in [4.78, 5) is 27.8. The van der Waals surface area contributed by atoms with Gasteiger partial charge in [-0.25, -0.2) is 0 Å². The Hall–Kier alpha value is -2.17. The van der Waals surface area contributed by atoms with Crippen molar-refractivity contribution in [1.29, 1.82) is 0 Å². The minimum atomic E-state index is -0.875. The lowest BCUT2D eigenvalue weighted by atomic mass is 9.82. The maximum atomic E-state index is 12.3. The summed E-state index contributed by atoms with van der Waals surface area (Å²) in [5.74, 6) is -2.03. The van der Waals surface area contributed by atoms with Crippen molar-refractivity contribution in [3.63, 3.8) is 0 Å². The molecule has 5 heteroatoms. The first-order valence-corrected chi connectivity index (χ1v) is 6.75. The van der Waals surface area contributed by atoms with Gasteiger partial charge in [0.25, 0.3) is 0 Å². The van der Waals surface area contributed by atoms with Crippen LogP contribution in [0.1, 0.15) is 12.1 Å². The van der Waals surface area contributed by atoms with Gasteiger partial charge in [0.1, 0.15) is 0 Å². The van der Waals surface area contributed by atoms with Crippen LogP contribution in [0, 0.1) is 23.7 Å². The first kappa shape index (κ1) is 12.8. The molecule has 2 aliphatic carbocycles.